The Morgan fingerprint density at radius 1 is 1.59 bits per heavy atom. The van der Waals surface area contributed by atoms with E-state index in [1.54, 1.807) is 6.08 Å². The number of likely N-dealkylation sites (tertiary alicyclic amines) is 1. The fourth-order valence-corrected chi connectivity index (χ4v) is 1.90. The Hall–Kier alpha value is -1.34. The van der Waals surface area contributed by atoms with Gasteiger partial charge in [0.25, 0.3) is 0 Å². The fraction of sp³-hybridized carbons (Fsp3) is 0.692. The molecular formula is C13H21N3O. The standard InChI is InChI=1S/C13H21N3O/c1-13(2,3)15-12(17)7-5-9-16-8-4-6-11(16)10-14/h5,7,11H,4,6,8-9H2,1-3H3,(H,15,17)/b7-5+. The molecule has 0 aromatic rings. The van der Waals surface area contributed by atoms with E-state index in [-0.39, 0.29) is 17.5 Å². The molecule has 1 aliphatic rings. The van der Waals surface area contributed by atoms with Crippen LogP contribution in [0.15, 0.2) is 12.2 Å². The number of amides is 1. The van der Waals surface area contributed by atoms with Crippen molar-refractivity contribution >= 4 is 5.91 Å². The van der Waals surface area contributed by atoms with E-state index in [2.05, 4.69) is 16.3 Å². The molecule has 0 aromatic carbocycles. The average molecular weight is 235 g/mol. The lowest BCUT2D eigenvalue weighted by atomic mass is 10.1. The molecule has 0 aliphatic carbocycles. The predicted molar refractivity (Wildman–Crippen MR) is 67.2 cm³/mol. The highest BCUT2D eigenvalue weighted by Crippen LogP contribution is 2.15. The van der Waals surface area contributed by atoms with Gasteiger partial charge < -0.3 is 5.32 Å². The molecule has 1 amide bonds. The summed E-state index contributed by atoms with van der Waals surface area (Å²) >= 11 is 0. The number of hydrogen-bond donors (Lipinski definition) is 1. The summed E-state index contributed by atoms with van der Waals surface area (Å²) in [7, 11) is 0. The highest BCUT2D eigenvalue weighted by atomic mass is 16.1. The molecule has 0 spiro atoms. The molecule has 0 saturated carbocycles. The van der Waals surface area contributed by atoms with Crippen LogP contribution in [0.2, 0.25) is 0 Å². The number of hydrogen-bond acceptors (Lipinski definition) is 3. The first kappa shape index (κ1) is 13.7. The zero-order chi connectivity index (χ0) is 12.9. The Labute approximate surface area is 103 Å². The van der Waals surface area contributed by atoms with Gasteiger partial charge in [-0.15, -0.1) is 0 Å². The molecular weight excluding hydrogens is 214 g/mol. The van der Waals surface area contributed by atoms with Gasteiger partial charge in [-0.05, 0) is 40.2 Å². The first-order valence-electron chi connectivity index (χ1n) is 6.05. The van der Waals surface area contributed by atoms with Crippen molar-refractivity contribution in [3.05, 3.63) is 12.2 Å². The van der Waals surface area contributed by atoms with Gasteiger partial charge in [0.15, 0.2) is 0 Å². The average Bonchev–Trinajstić information content (AvgIpc) is 2.62. The molecule has 1 saturated heterocycles. The summed E-state index contributed by atoms with van der Waals surface area (Å²) in [6.45, 7) is 7.47. The van der Waals surface area contributed by atoms with Crippen molar-refractivity contribution in [3.63, 3.8) is 0 Å². The van der Waals surface area contributed by atoms with Crippen LogP contribution in [-0.4, -0.2) is 35.5 Å². The van der Waals surface area contributed by atoms with Crippen LogP contribution in [0.3, 0.4) is 0 Å². The molecule has 0 radical (unpaired) electrons. The zero-order valence-corrected chi connectivity index (χ0v) is 10.9. The van der Waals surface area contributed by atoms with Crippen molar-refractivity contribution in [1.29, 1.82) is 5.26 Å². The molecule has 0 bridgehead atoms. The molecule has 1 N–H and O–H groups in total. The zero-order valence-electron chi connectivity index (χ0n) is 10.9. The molecule has 94 valence electrons. The van der Waals surface area contributed by atoms with Crippen LogP contribution in [0.1, 0.15) is 33.6 Å². The van der Waals surface area contributed by atoms with Crippen molar-refractivity contribution in [2.75, 3.05) is 13.1 Å². The lowest BCUT2D eigenvalue weighted by Crippen LogP contribution is -2.39. The lowest BCUT2D eigenvalue weighted by molar-refractivity contribution is -0.117. The minimum atomic E-state index is -0.204. The Morgan fingerprint density at radius 3 is 2.88 bits per heavy atom. The summed E-state index contributed by atoms with van der Waals surface area (Å²) in [5.41, 5.74) is -0.204. The van der Waals surface area contributed by atoms with E-state index < -0.39 is 0 Å². The summed E-state index contributed by atoms with van der Waals surface area (Å²) < 4.78 is 0. The van der Waals surface area contributed by atoms with E-state index in [9.17, 15) is 4.79 Å². The third kappa shape index (κ3) is 5.01. The Kier molecular flexibility index (Phi) is 4.71. The molecule has 17 heavy (non-hydrogen) atoms. The number of carbonyl (C=O) groups excluding carboxylic acids is 1. The van der Waals surface area contributed by atoms with Gasteiger partial charge in [-0.25, -0.2) is 0 Å². The van der Waals surface area contributed by atoms with Gasteiger partial charge in [0.05, 0.1) is 12.1 Å². The third-order valence-electron chi connectivity index (χ3n) is 2.62. The highest BCUT2D eigenvalue weighted by Gasteiger charge is 2.22. The maximum atomic E-state index is 11.5. The third-order valence-corrected chi connectivity index (χ3v) is 2.62. The Morgan fingerprint density at radius 2 is 2.29 bits per heavy atom. The van der Waals surface area contributed by atoms with Crippen molar-refractivity contribution in [1.82, 2.24) is 10.2 Å². The van der Waals surface area contributed by atoms with E-state index in [1.165, 1.54) is 0 Å². The largest absolute Gasteiger partial charge is 0.348 e. The summed E-state index contributed by atoms with van der Waals surface area (Å²) in [4.78, 5) is 13.6. The normalized spacial score (nSPS) is 21.6. The number of nitrogens with zero attached hydrogens (tertiary/aromatic N) is 2. The highest BCUT2D eigenvalue weighted by molar-refractivity contribution is 5.87. The van der Waals surface area contributed by atoms with Gasteiger partial charge in [0.1, 0.15) is 0 Å². The van der Waals surface area contributed by atoms with Crippen molar-refractivity contribution in [2.24, 2.45) is 0 Å². The van der Waals surface area contributed by atoms with Crippen LogP contribution in [0, 0.1) is 11.3 Å². The lowest BCUT2D eigenvalue weighted by Gasteiger charge is -2.19. The summed E-state index contributed by atoms with van der Waals surface area (Å²) in [5.74, 6) is -0.0785. The van der Waals surface area contributed by atoms with Crippen molar-refractivity contribution in [2.45, 2.75) is 45.2 Å². The molecule has 4 heteroatoms. The molecule has 1 heterocycles. The predicted octanol–water partition coefficient (Wildman–Crippen LogP) is 1.45. The van der Waals surface area contributed by atoms with E-state index >= 15 is 0 Å². The molecule has 0 aromatic heterocycles. The van der Waals surface area contributed by atoms with Gasteiger partial charge >= 0.3 is 0 Å². The smallest absolute Gasteiger partial charge is 0.244 e. The fourth-order valence-electron chi connectivity index (χ4n) is 1.90. The Bertz CT molecular complexity index is 336. The molecule has 4 nitrogen and oxygen atoms in total. The maximum Gasteiger partial charge on any atom is 0.244 e. The Balaban J connectivity index is 2.35. The second-order valence-electron chi connectivity index (χ2n) is 5.42. The van der Waals surface area contributed by atoms with E-state index in [0.717, 1.165) is 19.4 Å². The van der Waals surface area contributed by atoms with Crippen LogP contribution < -0.4 is 5.32 Å². The van der Waals surface area contributed by atoms with Crippen LogP contribution in [0.25, 0.3) is 0 Å². The topological polar surface area (TPSA) is 56.1 Å². The molecule has 1 unspecified atom stereocenters. The second-order valence-corrected chi connectivity index (χ2v) is 5.42. The summed E-state index contributed by atoms with van der Waals surface area (Å²) in [6.07, 6.45) is 5.40. The van der Waals surface area contributed by atoms with Crippen molar-refractivity contribution in [3.8, 4) is 6.07 Å². The van der Waals surface area contributed by atoms with Crippen LogP contribution in [-0.2, 0) is 4.79 Å². The quantitative estimate of drug-likeness (QED) is 0.753. The van der Waals surface area contributed by atoms with Crippen LogP contribution in [0.5, 0.6) is 0 Å². The number of nitrogens with one attached hydrogen (secondary N) is 1. The number of carbonyl (C=O) groups is 1. The van der Waals surface area contributed by atoms with Gasteiger partial charge in [-0.3, -0.25) is 9.69 Å². The van der Waals surface area contributed by atoms with Crippen LogP contribution in [0.4, 0.5) is 0 Å². The molecule has 1 fully saturated rings. The van der Waals surface area contributed by atoms with E-state index in [0.29, 0.717) is 6.54 Å². The number of nitriles is 1. The van der Waals surface area contributed by atoms with Gasteiger partial charge in [0.2, 0.25) is 5.91 Å². The van der Waals surface area contributed by atoms with Crippen LogP contribution >= 0.6 is 0 Å². The van der Waals surface area contributed by atoms with Gasteiger partial charge in [-0.2, -0.15) is 5.26 Å². The first-order chi connectivity index (χ1) is 7.92. The van der Waals surface area contributed by atoms with Gasteiger partial charge in [-0.1, -0.05) is 6.08 Å². The van der Waals surface area contributed by atoms with E-state index in [1.807, 2.05) is 26.8 Å². The maximum absolute atomic E-state index is 11.5. The molecule has 1 atom stereocenters. The molecule has 1 rings (SSSR count). The monoisotopic (exact) mass is 235 g/mol. The number of rotatable bonds is 3. The first-order valence-corrected chi connectivity index (χ1v) is 6.05. The van der Waals surface area contributed by atoms with Crippen molar-refractivity contribution < 1.29 is 4.79 Å². The SMILES string of the molecule is CC(C)(C)NC(=O)/C=C/CN1CCCC1C#N. The molecule has 1 aliphatic heterocycles. The minimum Gasteiger partial charge on any atom is -0.348 e. The second kappa shape index (κ2) is 5.83. The summed E-state index contributed by atoms with van der Waals surface area (Å²) in [5, 5.41) is 11.8. The van der Waals surface area contributed by atoms with E-state index in [4.69, 9.17) is 5.26 Å². The minimum absolute atomic E-state index is 0.0188. The van der Waals surface area contributed by atoms with Gasteiger partial charge in [0, 0.05) is 18.2 Å². The summed E-state index contributed by atoms with van der Waals surface area (Å²) in [6, 6.07) is 2.30.